The summed E-state index contributed by atoms with van der Waals surface area (Å²) in [5.41, 5.74) is 5.04. The smallest absolute Gasteiger partial charge is 0.266 e. The van der Waals surface area contributed by atoms with E-state index in [1.54, 1.807) is 22.4 Å². The van der Waals surface area contributed by atoms with Crippen LogP contribution < -0.4 is 5.56 Å². The maximum Gasteiger partial charge on any atom is 0.266 e. The number of benzene rings is 3. The molecule has 3 aromatic carbocycles. The van der Waals surface area contributed by atoms with Crippen LogP contribution in [0.3, 0.4) is 0 Å². The Morgan fingerprint density at radius 1 is 0.794 bits per heavy atom. The van der Waals surface area contributed by atoms with Crippen molar-refractivity contribution in [1.29, 1.82) is 0 Å². The first-order valence-electron chi connectivity index (χ1n) is 11.5. The molecule has 0 bridgehead atoms. The second kappa shape index (κ2) is 8.90. The SMILES string of the molecule is O=c1c2ccccc2nc(CSc2nc3ccccc3c3c2CCCC3)n1-c1ccccc1Cl. The van der Waals surface area contributed by atoms with Crippen molar-refractivity contribution in [1.82, 2.24) is 14.5 Å². The fourth-order valence-electron chi connectivity index (χ4n) is 4.85. The Bertz CT molecular complexity index is 1610. The van der Waals surface area contributed by atoms with Crippen LogP contribution in [0.1, 0.15) is 29.8 Å². The first-order valence-corrected chi connectivity index (χ1v) is 12.9. The summed E-state index contributed by atoms with van der Waals surface area (Å²) in [6, 6.07) is 23.3. The summed E-state index contributed by atoms with van der Waals surface area (Å²) in [4.78, 5) is 23.5. The quantitative estimate of drug-likeness (QED) is 0.265. The van der Waals surface area contributed by atoms with Gasteiger partial charge in [0.15, 0.2) is 0 Å². The molecule has 34 heavy (non-hydrogen) atoms. The summed E-state index contributed by atoms with van der Waals surface area (Å²) in [6.07, 6.45) is 4.52. The second-order valence-electron chi connectivity index (χ2n) is 8.52. The van der Waals surface area contributed by atoms with Crippen LogP contribution in [0.25, 0.3) is 27.5 Å². The number of rotatable bonds is 4. The fraction of sp³-hybridized carbons (Fsp3) is 0.179. The third kappa shape index (κ3) is 3.69. The summed E-state index contributed by atoms with van der Waals surface area (Å²) < 4.78 is 1.66. The fourth-order valence-corrected chi connectivity index (χ4v) is 6.09. The lowest BCUT2D eigenvalue weighted by atomic mass is 9.90. The van der Waals surface area contributed by atoms with E-state index in [-0.39, 0.29) is 5.56 Å². The Kier molecular flexibility index (Phi) is 5.60. The summed E-state index contributed by atoms with van der Waals surface area (Å²) >= 11 is 8.18. The molecule has 5 aromatic rings. The zero-order valence-corrected chi connectivity index (χ0v) is 20.1. The van der Waals surface area contributed by atoms with Gasteiger partial charge in [-0.15, -0.1) is 0 Å². The monoisotopic (exact) mass is 483 g/mol. The highest BCUT2D eigenvalue weighted by atomic mass is 35.5. The summed E-state index contributed by atoms with van der Waals surface area (Å²) in [5, 5.41) is 3.41. The molecule has 1 aliphatic rings. The Balaban J connectivity index is 1.49. The molecule has 2 heterocycles. The van der Waals surface area contributed by atoms with Gasteiger partial charge in [-0.1, -0.05) is 65.8 Å². The number of aromatic nitrogens is 3. The van der Waals surface area contributed by atoms with Gasteiger partial charge in [0.05, 0.1) is 32.9 Å². The molecule has 6 heteroatoms. The van der Waals surface area contributed by atoms with Gasteiger partial charge >= 0.3 is 0 Å². The number of fused-ring (bicyclic) bond motifs is 4. The normalized spacial score (nSPS) is 13.3. The molecule has 0 N–H and O–H groups in total. The van der Waals surface area contributed by atoms with Crippen LogP contribution in [0.15, 0.2) is 82.6 Å². The van der Waals surface area contributed by atoms with Crippen molar-refractivity contribution in [2.75, 3.05) is 0 Å². The molecular weight excluding hydrogens is 462 g/mol. The summed E-state index contributed by atoms with van der Waals surface area (Å²) in [7, 11) is 0. The largest absolute Gasteiger partial charge is 0.268 e. The first kappa shape index (κ1) is 21.4. The minimum atomic E-state index is -0.109. The standard InChI is InChI=1S/C28H22ClN3OS/c29-22-13-5-8-16-25(22)32-26(30-24-15-7-4-12-21(24)28(32)33)17-34-27-20-11-2-1-9-18(20)19-10-3-6-14-23(19)31-27/h3-8,10,12-16H,1-2,9,11,17H2. The number of hydrogen-bond donors (Lipinski definition) is 0. The molecule has 0 fully saturated rings. The Hall–Kier alpha value is -3.15. The van der Waals surface area contributed by atoms with Crippen molar-refractivity contribution >= 4 is 45.2 Å². The molecule has 0 atom stereocenters. The molecule has 0 radical (unpaired) electrons. The number of aryl methyl sites for hydroxylation is 1. The number of halogens is 1. The van der Waals surface area contributed by atoms with Crippen LogP contribution in [-0.4, -0.2) is 14.5 Å². The number of thioether (sulfide) groups is 1. The lowest BCUT2D eigenvalue weighted by Crippen LogP contribution is -2.24. The first-order chi connectivity index (χ1) is 16.7. The predicted molar refractivity (Wildman–Crippen MR) is 140 cm³/mol. The molecule has 0 unspecified atom stereocenters. The lowest BCUT2D eigenvalue weighted by molar-refractivity contribution is 0.674. The van der Waals surface area contributed by atoms with Crippen molar-refractivity contribution in [3.05, 3.63) is 105 Å². The average Bonchev–Trinajstić information content (AvgIpc) is 2.88. The van der Waals surface area contributed by atoms with Gasteiger partial charge in [-0.25, -0.2) is 9.97 Å². The molecule has 6 rings (SSSR count). The minimum Gasteiger partial charge on any atom is -0.268 e. The van der Waals surface area contributed by atoms with E-state index < -0.39 is 0 Å². The van der Waals surface area contributed by atoms with Gasteiger partial charge in [-0.2, -0.15) is 0 Å². The van der Waals surface area contributed by atoms with Crippen molar-refractivity contribution in [3.8, 4) is 5.69 Å². The van der Waals surface area contributed by atoms with Crippen molar-refractivity contribution in [3.63, 3.8) is 0 Å². The van der Waals surface area contributed by atoms with Gasteiger partial charge in [0, 0.05) is 5.39 Å². The van der Waals surface area contributed by atoms with Crippen LogP contribution >= 0.6 is 23.4 Å². The minimum absolute atomic E-state index is 0.109. The van der Waals surface area contributed by atoms with Crippen molar-refractivity contribution in [2.24, 2.45) is 0 Å². The van der Waals surface area contributed by atoms with Crippen molar-refractivity contribution < 1.29 is 0 Å². The molecule has 0 saturated carbocycles. The van der Waals surface area contributed by atoms with E-state index in [0.29, 0.717) is 33.2 Å². The van der Waals surface area contributed by atoms with E-state index in [0.717, 1.165) is 23.4 Å². The van der Waals surface area contributed by atoms with E-state index >= 15 is 0 Å². The predicted octanol–water partition coefficient (Wildman–Crippen LogP) is 6.76. The summed E-state index contributed by atoms with van der Waals surface area (Å²) in [5.74, 6) is 1.18. The van der Waals surface area contributed by atoms with Gasteiger partial charge < -0.3 is 0 Å². The number of pyridine rings is 1. The third-order valence-electron chi connectivity index (χ3n) is 6.45. The molecule has 4 nitrogen and oxygen atoms in total. The van der Waals surface area contributed by atoms with Crippen LogP contribution in [-0.2, 0) is 18.6 Å². The number of para-hydroxylation sites is 3. The second-order valence-corrected chi connectivity index (χ2v) is 9.90. The maximum atomic E-state index is 13.6. The van der Waals surface area contributed by atoms with E-state index in [1.165, 1.54) is 29.4 Å². The Morgan fingerprint density at radius 3 is 2.24 bits per heavy atom. The van der Waals surface area contributed by atoms with Gasteiger partial charge in [0.25, 0.3) is 5.56 Å². The Morgan fingerprint density at radius 2 is 1.44 bits per heavy atom. The molecule has 0 aliphatic heterocycles. The highest BCUT2D eigenvalue weighted by Gasteiger charge is 2.20. The van der Waals surface area contributed by atoms with E-state index in [2.05, 4.69) is 18.2 Å². The molecule has 0 saturated heterocycles. The molecular formula is C28H22ClN3OS. The summed E-state index contributed by atoms with van der Waals surface area (Å²) in [6.45, 7) is 0. The van der Waals surface area contributed by atoms with Gasteiger partial charge in [0.1, 0.15) is 10.9 Å². The Labute approximate surface area is 206 Å². The van der Waals surface area contributed by atoms with Gasteiger partial charge in [-0.3, -0.25) is 9.36 Å². The average molecular weight is 484 g/mol. The van der Waals surface area contributed by atoms with Crippen LogP contribution in [0.2, 0.25) is 5.02 Å². The van der Waals surface area contributed by atoms with Crippen LogP contribution in [0.5, 0.6) is 0 Å². The van der Waals surface area contributed by atoms with Crippen LogP contribution in [0.4, 0.5) is 0 Å². The molecule has 0 spiro atoms. The van der Waals surface area contributed by atoms with E-state index in [4.69, 9.17) is 21.6 Å². The molecule has 168 valence electrons. The highest BCUT2D eigenvalue weighted by molar-refractivity contribution is 7.98. The molecule has 2 aromatic heterocycles. The highest BCUT2D eigenvalue weighted by Crippen LogP contribution is 2.36. The third-order valence-corrected chi connectivity index (χ3v) is 7.79. The van der Waals surface area contributed by atoms with E-state index in [1.807, 2.05) is 48.5 Å². The van der Waals surface area contributed by atoms with Crippen molar-refractivity contribution in [2.45, 2.75) is 36.5 Å². The number of nitrogens with zero attached hydrogens (tertiary/aromatic N) is 3. The van der Waals surface area contributed by atoms with Gasteiger partial charge in [0.2, 0.25) is 0 Å². The topological polar surface area (TPSA) is 47.8 Å². The molecule has 0 amide bonds. The van der Waals surface area contributed by atoms with Gasteiger partial charge in [-0.05, 0) is 67.1 Å². The lowest BCUT2D eigenvalue weighted by Gasteiger charge is -2.21. The van der Waals surface area contributed by atoms with E-state index in [9.17, 15) is 4.79 Å². The zero-order valence-electron chi connectivity index (χ0n) is 18.5. The number of hydrogen-bond acceptors (Lipinski definition) is 4. The van der Waals surface area contributed by atoms with Crippen LogP contribution in [0, 0.1) is 0 Å². The maximum absolute atomic E-state index is 13.6. The zero-order chi connectivity index (χ0) is 23.1. The molecule has 1 aliphatic carbocycles.